The first kappa shape index (κ1) is 12.1. The highest BCUT2D eigenvalue weighted by Crippen LogP contribution is 2.33. The van der Waals surface area contributed by atoms with Crippen LogP contribution in [0.4, 0.5) is 0 Å². The van der Waals surface area contributed by atoms with Gasteiger partial charge in [-0.2, -0.15) is 0 Å². The van der Waals surface area contributed by atoms with Crippen LogP contribution in [-0.2, 0) is 9.53 Å². The van der Waals surface area contributed by atoms with Gasteiger partial charge in [-0.1, -0.05) is 27.2 Å². The van der Waals surface area contributed by atoms with Crippen LogP contribution in [0.1, 0.15) is 40.5 Å². The zero-order valence-corrected chi connectivity index (χ0v) is 10.1. The molecule has 15 heavy (non-hydrogen) atoms. The topological polar surface area (TPSA) is 38.3 Å². The minimum absolute atomic E-state index is 0.104. The van der Waals surface area contributed by atoms with Gasteiger partial charge in [0.15, 0.2) is 0 Å². The van der Waals surface area contributed by atoms with E-state index in [2.05, 4.69) is 26.1 Å². The molecule has 1 rings (SSSR count). The van der Waals surface area contributed by atoms with Crippen molar-refractivity contribution in [1.29, 1.82) is 0 Å². The van der Waals surface area contributed by atoms with Crippen LogP contribution in [0.2, 0.25) is 0 Å². The second-order valence-electron chi connectivity index (χ2n) is 4.73. The molecule has 0 unspecified atom stereocenters. The lowest BCUT2D eigenvalue weighted by molar-refractivity contribution is -0.140. The lowest BCUT2D eigenvalue weighted by atomic mass is 9.86. The first-order valence-corrected chi connectivity index (χ1v) is 5.61. The van der Waals surface area contributed by atoms with Crippen molar-refractivity contribution in [2.75, 3.05) is 13.2 Å². The van der Waals surface area contributed by atoms with Gasteiger partial charge in [-0.3, -0.25) is 0 Å². The maximum atomic E-state index is 11.8. The molecule has 3 nitrogen and oxygen atoms in total. The zero-order chi connectivity index (χ0) is 11.5. The van der Waals surface area contributed by atoms with Crippen LogP contribution in [0.3, 0.4) is 0 Å². The Labute approximate surface area is 91.9 Å². The lowest BCUT2D eigenvalue weighted by Gasteiger charge is -2.19. The van der Waals surface area contributed by atoms with Crippen LogP contribution in [0.25, 0.3) is 0 Å². The molecular weight excluding hydrogens is 190 g/mol. The third-order valence-corrected chi connectivity index (χ3v) is 2.78. The van der Waals surface area contributed by atoms with Crippen molar-refractivity contribution in [3.05, 3.63) is 11.3 Å². The summed E-state index contributed by atoms with van der Waals surface area (Å²) in [5.41, 5.74) is 1.66. The number of rotatable bonds is 4. The predicted octanol–water partition coefficient (Wildman–Crippen LogP) is 2.23. The Hall–Kier alpha value is -0.990. The van der Waals surface area contributed by atoms with E-state index in [1.807, 2.05) is 6.92 Å². The number of esters is 1. The summed E-state index contributed by atoms with van der Waals surface area (Å²) in [6, 6.07) is 0. The smallest absolute Gasteiger partial charge is 0.336 e. The average molecular weight is 211 g/mol. The molecule has 0 amide bonds. The van der Waals surface area contributed by atoms with Crippen LogP contribution in [0, 0.1) is 5.41 Å². The monoisotopic (exact) mass is 211 g/mol. The fourth-order valence-electron chi connectivity index (χ4n) is 1.85. The number of allylic oxidation sites excluding steroid dienone is 1. The van der Waals surface area contributed by atoms with Gasteiger partial charge in [0.05, 0.1) is 12.2 Å². The molecule has 86 valence electrons. The maximum Gasteiger partial charge on any atom is 0.336 e. The van der Waals surface area contributed by atoms with E-state index in [0.29, 0.717) is 6.61 Å². The fraction of sp³-hybridized carbons (Fsp3) is 0.750. The third kappa shape index (κ3) is 2.74. The number of carbonyl (C=O) groups is 1. The molecule has 1 aliphatic rings. The second-order valence-corrected chi connectivity index (χ2v) is 4.73. The molecular formula is C12H21NO2. The Morgan fingerprint density at radius 1 is 1.53 bits per heavy atom. The van der Waals surface area contributed by atoms with E-state index in [0.717, 1.165) is 30.7 Å². The molecule has 0 aromatic rings. The molecule has 0 radical (unpaired) electrons. The Morgan fingerprint density at radius 2 is 2.20 bits per heavy atom. The molecule has 0 aliphatic carbocycles. The molecule has 0 aromatic heterocycles. The van der Waals surface area contributed by atoms with Crippen molar-refractivity contribution in [1.82, 2.24) is 5.32 Å². The molecule has 0 bridgehead atoms. The maximum absolute atomic E-state index is 11.8. The highest BCUT2D eigenvalue weighted by atomic mass is 16.5. The van der Waals surface area contributed by atoms with Gasteiger partial charge in [-0.25, -0.2) is 4.79 Å². The van der Waals surface area contributed by atoms with Crippen molar-refractivity contribution >= 4 is 5.97 Å². The summed E-state index contributed by atoms with van der Waals surface area (Å²) in [5, 5.41) is 3.21. The van der Waals surface area contributed by atoms with Crippen LogP contribution in [-0.4, -0.2) is 19.1 Å². The average Bonchev–Trinajstić information content (AvgIpc) is 2.41. The van der Waals surface area contributed by atoms with E-state index in [1.54, 1.807) is 0 Å². The zero-order valence-electron chi connectivity index (χ0n) is 10.1. The highest BCUT2D eigenvalue weighted by Gasteiger charge is 2.36. The minimum Gasteiger partial charge on any atom is -0.462 e. The highest BCUT2D eigenvalue weighted by molar-refractivity contribution is 5.91. The molecule has 0 saturated carbocycles. The minimum atomic E-state index is -0.157. The molecule has 0 atom stereocenters. The quantitative estimate of drug-likeness (QED) is 0.572. The molecule has 1 N–H and O–H groups in total. The number of carbonyl (C=O) groups excluding carboxylic acids is 1. The predicted molar refractivity (Wildman–Crippen MR) is 60.4 cm³/mol. The number of hydrogen-bond acceptors (Lipinski definition) is 3. The summed E-state index contributed by atoms with van der Waals surface area (Å²) in [5.74, 6) is -0.157. The van der Waals surface area contributed by atoms with E-state index < -0.39 is 0 Å². The number of nitrogens with one attached hydrogen (secondary N) is 1. The van der Waals surface area contributed by atoms with Crippen LogP contribution in [0.15, 0.2) is 11.3 Å². The number of unbranched alkanes of at least 4 members (excludes halogenated alkanes) is 1. The number of hydrogen-bond donors (Lipinski definition) is 1. The summed E-state index contributed by atoms with van der Waals surface area (Å²) in [6.07, 6.45) is 1.98. The first-order chi connectivity index (χ1) is 6.99. The van der Waals surface area contributed by atoms with E-state index in [1.165, 1.54) is 0 Å². The Morgan fingerprint density at radius 3 is 2.67 bits per heavy atom. The molecule has 3 heteroatoms. The SMILES string of the molecule is CCCCOC(=O)C1=C(C)NCC1(C)C. The van der Waals surface area contributed by atoms with Gasteiger partial charge in [-0.05, 0) is 13.3 Å². The van der Waals surface area contributed by atoms with Gasteiger partial charge in [0, 0.05) is 17.7 Å². The summed E-state index contributed by atoms with van der Waals surface area (Å²) >= 11 is 0. The Balaban J connectivity index is 2.62. The lowest BCUT2D eigenvalue weighted by Crippen LogP contribution is -2.24. The Kier molecular flexibility index (Phi) is 3.77. The third-order valence-electron chi connectivity index (χ3n) is 2.78. The molecule has 0 saturated heterocycles. The molecule has 0 fully saturated rings. The molecule has 0 aromatic carbocycles. The van der Waals surface area contributed by atoms with Crippen molar-refractivity contribution in [2.45, 2.75) is 40.5 Å². The van der Waals surface area contributed by atoms with Crippen molar-refractivity contribution in [3.63, 3.8) is 0 Å². The van der Waals surface area contributed by atoms with Gasteiger partial charge in [-0.15, -0.1) is 0 Å². The fourth-order valence-corrected chi connectivity index (χ4v) is 1.85. The van der Waals surface area contributed by atoms with Gasteiger partial charge in [0.1, 0.15) is 0 Å². The van der Waals surface area contributed by atoms with E-state index in [9.17, 15) is 4.79 Å². The van der Waals surface area contributed by atoms with E-state index in [4.69, 9.17) is 4.74 Å². The van der Waals surface area contributed by atoms with Crippen molar-refractivity contribution < 1.29 is 9.53 Å². The molecule has 1 aliphatic heterocycles. The summed E-state index contributed by atoms with van der Waals surface area (Å²) < 4.78 is 5.24. The normalized spacial score (nSPS) is 18.9. The molecule has 0 spiro atoms. The summed E-state index contributed by atoms with van der Waals surface area (Å²) in [6.45, 7) is 9.49. The van der Waals surface area contributed by atoms with Gasteiger partial charge < -0.3 is 10.1 Å². The summed E-state index contributed by atoms with van der Waals surface area (Å²) in [7, 11) is 0. The second kappa shape index (κ2) is 4.69. The van der Waals surface area contributed by atoms with E-state index in [-0.39, 0.29) is 11.4 Å². The van der Waals surface area contributed by atoms with Crippen LogP contribution < -0.4 is 5.32 Å². The Bertz CT molecular complexity index is 279. The van der Waals surface area contributed by atoms with Crippen molar-refractivity contribution in [2.24, 2.45) is 5.41 Å². The van der Waals surface area contributed by atoms with Gasteiger partial charge in [0.25, 0.3) is 0 Å². The van der Waals surface area contributed by atoms with Gasteiger partial charge >= 0.3 is 5.97 Å². The first-order valence-electron chi connectivity index (χ1n) is 5.61. The van der Waals surface area contributed by atoms with Crippen molar-refractivity contribution in [3.8, 4) is 0 Å². The summed E-state index contributed by atoms with van der Waals surface area (Å²) in [4.78, 5) is 11.8. The largest absolute Gasteiger partial charge is 0.462 e. The number of ether oxygens (including phenoxy) is 1. The van der Waals surface area contributed by atoms with E-state index >= 15 is 0 Å². The molecule has 1 heterocycles. The van der Waals surface area contributed by atoms with Crippen LogP contribution >= 0.6 is 0 Å². The van der Waals surface area contributed by atoms with Gasteiger partial charge in [0.2, 0.25) is 0 Å². The van der Waals surface area contributed by atoms with Crippen LogP contribution in [0.5, 0.6) is 0 Å². The standard InChI is InChI=1S/C12H21NO2/c1-5-6-7-15-11(14)10-9(2)13-8-12(10,3)4/h13H,5-8H2,1-4H3.